The molecule has 7 nitrogen and oxygen atoms in total. The van der Waals surface area contributed by atoms with Crippen LogP contribution >= 0.6 is 11.8 Å². The van der Waals surface area contributed by atoms with Crippen LogP contribution in [0.15, 0.2) is 29.3 Å². The lowest BCUT2D eigenvalue weighted by Gasteiger charge is -2.34. The molecule has 0 spiro atoms. The molecule has 2 heterocycles. The van der Waals surface area contributed by atoms with Crippen molar-refractivity contribution in [2.24, 2.45) is 5.92 Å². The van der Waals surface area contributed by atoms with Crippen LogP contribution in [0.4, 0.5) is 5.82 Å². The number of hydrogen-bond donors (Lipinski definition) is 1. The lowest BCUT2D eigenvalue weighted by atomic mass is 9.92. The van der Waals surface area contributed by atoms with Gasteiger partial charge in [0, 0.05) is 37.9 Å². The molecule has 1 aromatic carbocycles. The maximum absolute atomic E-state index is 9.91. The predicted molar refractivity (Wildman–Crippen MR) is 118 cm³/mol. The standard InChI is InChI=1S/C23H24N4O3S/c1-28-17-8-18(9-17)30-16-4-2-15(3-5-16)21-19(10-24)22(26)27-23(20(21)11-25)31-13-14-6-7-29-12-14/h2-5,14,17-18H,6-9,12-13H2,1H3,(H2,26,27). The molecule has 0 radical (unpaired) electrons. The van der Waals surface area contributed by atoms with Crippen LogP contribution < -0.4 is 10.5 Å². The van der Waals surface area contributed by atoms with Crippen molar-refractivity contribution in [1.29, 1.82) is 10.5 Å². The van der Waals surface area contributed by atoms with Crippen LogP contribution in [0.25, 0.3) is 11.1 Å². The van der Waals surface area contributed by atoms with E-state index in [1.807, 2.05) is 24.3 Å². The number of rotatable bonds is 7. The number of nitrogen functional groups attached to an aromatic ring is 1. The van der Waals surface area contributed by atoms with Crippen molar-refractivity contribution in [3.05, 3.63) is 35.4 Å². The Balaban J connectivity index is 1.60. The van der Waals surface area contributed by atoms with Crippen molar-refractivity contribution < 1.29 is 14.2 Å². The molecule has 8 heteroatoms. The van der Waals surface area contributed by atoms with Crippen molar-refractivity contribution in [1.82, 2.24) is 4.98 Å². The molecule has 1 saturated carbocycles. The highest BCUT2D eigenvalue weighted by Crippen LogP contribution is 2.37. The van der Waals surface area contributed by atoms with Crippen molar-refractivity contribution in [3.8, 4) is 29.0 Å². The number of hydrogen-bond acceptors (Lipinski definition) is 8. The van der Waals surface area contributed by atoms with E-state index in [0.29, 0.717) is 22.1 Å². The van der Waals surface area contributed by atoms with E-state index in [9.17, 15) is 10.5 Å². The number of nitriles is 2. The minimum absolute atomic E-state index is 0.141. The highest BCUT2D eigenvalue weighted by atomic mass is 32.2. The maximum atomic E-state index is 9.91. The first kappa shape index (κ1) is 21.5. The van der Waals surface area contributed by atoms with Crippen molar-refractivity contribution in [3.63, 3.8) is 0 Å². The average Bonchev–Trinajstić information content (AvgIpc) is 3.28. The van der Waals surface area contributed by atoms with Crippen LogP contribution in [0.1, 0.15) is 30.4 Å². The summed E-state index contributed by atoms with van der Waals surface area (Å²) in [5.74, 6) is 2.11. The van der Waals surface area contributed by atoms with Gasteiger partial charge >= 0.3 is 0 Å². The Morgan fingerprint density at radius 3 is 2.52 bits per heavy atom. The number of methoxy groups -OCH3 is 1. The van der Waals surface area contributed by atoms with Crippen LogP contribution in [-0.4, -0.2) is 43.3 Å². The van der Waals surface area contributed by atoms with E-state index in [0.717, 1.165) is 49.5 Å². The van der Waals surface area contributed by atoms with Crippen molar-refractivity contribution in [2.75, 3.05) is 31.8 Å². The third-order valence-corrected chi connectivity index (χ3v) is 6.93. The van der Waals surface area contributed by atoms with Gasteiger partial charge in [0.2, 0.25) is 0 Å². The van der Waals surface area contributed by atoms with Crippen LogP contribution in [0.3, 0.4) is 0 Å². The van der Waals surface area contributed by atoms with Gasteiger partial charge in [-0.25, -0.2) is 4.98 Å². The number of aromatic nitrogens is 1. The Labute approximate surface area is 186 Å². The molecule has 160 valence electrons. The van der Waals surface area contributed by atoms with Crippen LogP contribution in [0.2, 0.25) is 0 Å². The molecule has 2 aromatic rings. The Morgan fingerprint density at radius 2 is 1.90 bits per heavy atom. The van der Waals surface area contributed by atoms with E-state index in [1.54, 1.807) is 7.11 Å². The van der Waals surface area contributed by atoms with E-state index in [-0.39, 0.29) is 23.6 Å². The Bertz CT molecular complexity index is 1020. The third-order valence-electron chi connectivity index (χ3n) is 5.73. The molecule has 1 aromatic heterocycles. The van der Waals surface area contributed by atoms with Gasteiger partial charge in [-0.2, -0.15) is 10.5 Å². The molecule has 1 aliphatic heterocycles. The first-order valence-corrected chi connectivity index (χ1v) is 11.3. The summed E-state index contributed by atoms with van der Waals surface area (Å²) in [5, 5.41) is 20.2. The number of ether oxygens (including phenoxy) is 3. The average molecular weight is 437 g/mol. The van der Waals surface area contributed by atoms with Crippen molar-refractivity contribution >= 4 is 17.6 Å². The monoisotopic (exact) mass is 436 g/mol. The zero-order chi connectivity index (χ0) is 21.8. The first-order chi connectivity index (χ1) is 15.1. The van der Waals surface area contributed by atoms with Gasteiger partial charge in [0.25, 0.3) is 0 Å². The molecule has 2 aliphatic rings. The highest BCUT2D eigenvalue weighted by molar-refractivity contribution is 7.99. The van der Waals surface area contributed by atoms with Gasteiger partial charge in [-0.15, -0.1) is 11.8 Å². The second-order valence-electron chi connectivity index (χ2n) is 7.78. The Hall–Kier alpha value is -2.78. The summed E-state index contributed by atoms with van der Waals surface area (Å²) in [6.45, 7) is 1.49. The lowest BCUT2D eigenvalue weighted by molar-refractivity contribution is -0.0380. The van der Waals surface area contributed by atoms with E-state index in [4.69, 9.17) is 19.9 Å². The summed E-state index contributed by atoms with van der Waals surface area (Å²) in [7, 11) is 1.71. The molecule has 1 atom stereocenters. The Kier molecular flexibility index (Phi) is 6.62. The quantitative estimate of drug-likeness (QED) is 0.653. The fraction of sp³-hybridized carbons (Fsp3) is 0.435. The third kappa shape index (κ3) is 4.62. The topological polar surface area (TPSA) is 114 Å². The molecule has 1 aliphatic carbocycles. The van der Waals surface area contributed by atoms with Gasteiger partial charge in [0.15, 0.2) is 0 Å². The lowest BCUT2D eigenvalue weighted by Crippen LogP contribution is -2.38. The van der Waals surface area contributed by atoms with E-state index in [2.05, 4.69) is 17.1 Å². The van der Waals surface area contributed by atoms with E-state index >= 15 is 0 Å². The summed E-state index contributed by atoms with van der Waals surface area (Å²) in [5.41, 5.74) is 7.98. The van der Waals surface area contributed by atoms with Crippen molar-refractivity contribution in [2.45, 2.75) is 36.5 Å². The predicted octanol–water partition coefficient (Wildman–Crippen LogP) is 3.76. The van der Waals surface area contributed by atoms with E-state index < -0.39 is 0 Å². The molecule has 1 saturated heterocycles. The number of benzene rings is 1. The molecular formula is C23H24N4O3S. The fourth-order valence-electron chi connectivity index (χ4n) is 3.80. The molecule has 31 heavy (non-hydrogen) atoms. The zero-order valence-electron chi connectivity index (χ0n) is 17.3. The number of nitrogens with two attached hydrogens (primary N) is 1. The first-order valence-electron chi connectivity index (χ1n) is 10.3. The normalized spacial score (nSPS) is 22.4. The maximum Gasteiger partial charge on any atom is 0.143 e. The molecule has 0 amide bonds. The number of pyridine rings is 1. The summed E-state index contributed by atoms with van der Waals surface area (Å²) in [6.07, 6.45) is 3.18. The van der Waals surface area contributed by atoms with Gasteiger partial charge in [-0.1, -0.05) is 12.1 Å². The van der Waals surface area contributed by atoms with Gasteiger partial charge < -0.3 is 19.9 Å². The molecule has 2 N–H and O–H groups in total. The molecule has 1 unspecified atom stereocenters. The SMILES string of the molecule is COC1CC(Oc2ccc(-c3c(C#N)c(N)nc(SCC4CCOC4)c3C#N)cc2)C1. The van der Waals surface area contributed by atoms with Gasteiger partial charge in [0.05, 0.1) is 18.3 Å². The minimum atomic E-state index is 0.141. The molecule has 4 rings (SSSR count). The van der Waals surface area contributed by atoms with Gasteiger partial charge in [-0.05, 0) is 30.0 Å². The smallest absolute Gasteiger partial charge is 0.143 e. The fourth-order valence-corrected chi connectivity index (χ4v) is 4.91. The number of thioether (sulfide) groups is 1. The summed E-state index contributed by atoms with van der Waals surface area (Å²) < 4.78 is 16.7. The summed E-state index contributed by atoms with van der Waals surface area (Å²) >= 11 is 1.50. The largest absolute Gasteiger partial charge is 0.490 e. The van der Waals surface area contributed by atoms with Crippen LogP contribution in [0, 0.1) is 28.6 Å². The second-order valence-corrected chi connectivity index (χ2v) is 8.79. The summed E-state index contributed by atoms with van der Waals surface area (Å²) in [6, 6.07) is 11.8. The Morgan fingerprint density at radius 1 is 1.16 bits per heavy atom. The second kappa shape index (κ2) is 9.57. The van der Waals surface area contributed by atoms with Crippen LogP contribution in [-0.2, 0) is 9.47 Å². The van der Waals surface area contributed by atoms with Crippen LogP contribution in [0.5, 0.6) is 5.75 Å². The number of anilines is 1. The molecular weight excluding hydrogens is 412 g/mol. The molecule has 0 bridgehead atoms. The number of nitrogens with zero attached hydrogens (tertiary/aromatic N) is 3. The molecule has 2 fully saturated rings. The van der Waals surface area contributed by atoms with E-state index in [1.165, 1.54) is 11.8 Å². The minimum Gasteiger partial charge on any atom is -0.490 e. The summed E-state index contributed by atoms with van der Waals surface area (Å²) in [4.78, 5) is 4.37. The van der Waals surface area contributed by atoms with Gasteiger partial charge in [-0.3, -0.25) is 0 Å². The van der Waals surface area contributed by atoms with Gasteiger partial charge in [0.1, 0.15) is 40.4 Å². The highest BCUT2D eigenvalue weighted by Gasteiger charge is 2.30. The zero-order valence-corrected chi connectivity index (χ0v) is 18.2.